The molecule has 0 saturated carbocycles. The monoisotopic (exact) mass is 495 g/mol. The van der Waals surface area contributed by atoms with Crippen LogP contribution in [0.2, 0.25) is 5.02 Å². The largest absolute Gasteiger partial charge is 0.485 e. The zero-order valence-electron chi connectivity index (χ0n) is 17.9. The highest BCUT2D eigenvalue weighted by Crippen LogP contribution is 2.40. The van der Waals surface area contributed by atoms with Gasteiger partial charge in [-0.25, -0.2) is 23.4 Å². The Kier molecular flexibility index (Phi) is 6.91. The first-order valence-electron chi connectivity index (χ1n) is 10.1. The molecule has 1 atom stereocenters. The molecule has 0 amide bonds. The average molecular weight is 496 g/mol. The molecule has 176 valence electrons. The number of sulfonamides is 1. The number of halogens is 1. The Morgan fingerprint density at radius 1 is 1.27 bits per heavy atom. The van der Waals surface area contributed by atoms with E-state index in [0.717, 1.165) is 0 Å². The normalized spacial score (nSPS) is 15.2. The van der Waals surface area contributed by atoms with Crippen LogP contribution in [0.25, 0.3) is 11.4 Å². The van der Waals surface area contributed by atoms with Crippen LogP contribution in [0, 0.1) is 0 Å². The van der Waals surface area contributed by atoms with Crippen molar-refractivity contribution in [2.24, 2.45) is 0 Å². The number of aryl methyl sites for hydroxylation is 1. The van der Waals surface area contributed by atoms with Crippen molar-refractivity contribution in [2.45, 2.75) is 19.4 Å². The molecule has 3 aromatic rings. The lowest BCUT2D eigenvalue weighted by Gasteiger charge is -2.19. The first-order chi connectivity index (χ1) is 15.9. The van der Waals surface area contributed by atoms with E-state index in [0.29, 0.717) is 40.5 Å². The lowest BCUT2D eigenvalue weighted by atomic mass is 10.2. The van der Waals surface area contributed by atoms with Gasteiger partial charge in [-0.05, 0) is 13.0 Å². The number of methoxy groups -OCH3 is 1. The molecular weight excluding hydrogens is 474 g/mol. The number of nitrogens with zero attached hydrogens (tertiary/aromatic N) is 6. The fraction of sp³-hybridized carbons (Fsp3) is 0.421. The Labute approximate surface area is 195 Å². The zero-order valence-corrected chi connectivity index (χ0v) is 19.5. The van der Waals surface area contributed by atoms with E-state index in [1.54, 1.807) is 23.9 Å². The van der Waals surface area contributed by atoms with Crippen molar-refractivity contribution in [2.75, 3.05) is 37.4 Å². The Morgan fingerprint density at radius 3 is 2.79 bits per heavy atom. The number of ether oxygens (including phenoxy) is 3. The Hall–Kier alpha value is -3.03. The number of rotatable bonds is 9. The number of hydrogen-bond acceptors (Lipinski definition) is 10. The standard InChI is InChI=1S/C19H22ClN7O5S/c1-3-31-18-16-14(4-6-21-18)17-24-25-19(27(17)13(10-30-2)11-32-16)26-33(28,29)7-5-15-22-8-12(20)9-23-15/h4,6,8-9,13H,3,5,7,10-11H2,1-2H3,(H,25,26)/t13-/m1/s1. The Bertz CT molecular complexity index is 1220. The van der Waals surface area contributed by atoms with Gasteiger partial charge in [-0.1, -0.05) is 11.6 Å². The molecule has 3 aromatic heterocycles. The highest BCUT2D eigenvalue weighted by molar-refractivity contribution is 7.92. The Morgan fingerprint density at radius 2 is 2.06 bits per heavy atom. The number of pyridine rings is 1. The van der Waals surface area contributed by atoms with Crippen molar-refractivity contribution in [3.8, 4) is 23.0 Å². The minimum atomic E-state index is -3.80. The zero-order chi connectivity index (χ0) is 23.4. The maximum atomic E-state index is 12.8. The van der Waals surface area contributed by atoms with Gasteiger partial charge in [0.1, 0.15) is 12.4 Å². The third kappa shape index (κ3) is 5.15. The van der Waals surface area contributed by atoms with Gasteiger partial charge in [-0.3, -0.25) is 9.29 Å². The lowest BCUT2D eigenvalue weighted by Crippen LogP contribution is -2.26. The van der Waals surface area contributed by atoms with Crippen molar-refractivity contribution in [3.63, 3.8) is 0 Å². The summed E-state index contributed by atoms with van der Waals surface area (Å²) in [4.78, 5) is 12.3. The van der Waals surface area contributed by atoms with Crippen molar-refractivity contribution in [1.82, 2.24) is 29.7 Å². The van der Waals surface area contributed by atoms with E-state index < -0.39 is 16.1 Å². The molecule has 1 aliphatic heterocycles. The van der Waals surface area contributed by atoms with Gasteiger partial charge in [0.25, 0.3) is 5.88 Å². The van der Waals surface area contributed by atoms with Crippen LogP contribution in [0.1, 0.15) is 18.8 Å². The number of hydrogen-bond donors (Lipinski definition) is 1. The van der Waals surface area contributed by atoms with E-state index in [1.807, 2.05) is 6.92 Å². The Balaban J connectivity index is 1.64. The van der Waals surface area contributed by atoms with Gasteiger partial charge in [0.15, 0.2) is 11.6 Å². The van der Waals surface area contributed by atoms with Crippen molar-refractivity contribution >= 4 is 27.6 Å². The molecular formula is C19H22ClN7O5S. The molecule has 0 radical (unpaired) electrons. The first-order valence-corrected chi connectivity index (χ1v) is 12.1. The van der Waals surface area contributed by atoms with Crippen molar-refractivity contribution < 1.29 is 22.6 Å². The smallest absolute Gasteiger partial charge is 0.257 e. The summed E-state index contributed by atoms with van der Waals surface area (Å²) in [5.74, 6) is 1.31. The van der Waals surface area contributed by atoms with Crippen LogP contribution in [0.5, 0.6) is 11.6 Å². The molecule has 4 rings (SSSR count). The highest BCUT2D eigenvalue weighted by atomic mass is 35.5. The minimum absolute atomic E-state index is 0.0512. The quantitative estimate of drug-likeness (QED) is 0.466. The molecule has 0 unspecified atom stereocenters. The minimum Gasteiger partial charge on any atom is -0.485 e. The lowest BCUT2D eigenvalue weighted by molar-refractivity contribution is 0.124. The summed E-state index contributed by atoms with van der Waals surface area (Å²) in [5, 5.41) is 8.71. The molecule has 0 saturated heterocycles. The molecule has 0 spiro atoms. The van der Waals surface area contributed by atoms with Gasteiger partial charge in [0.05, 0.1) is 35.6 Å². The molecule has 0 aromatic carbocycles. The van der Waals surface area contributed by atoms with Crippen LogP contribution in [-0.4, -0.2) is 70.8 Å². The molecule has 33 heavy (non-hydrogen) atoms. The second kappa shape index (κ2) is 9.85. The van der Waals surface area contributed by atoms with Crippen molar-refractivity contribution in [1.29, 1.82) is 0 Å². The molecule has 0 fully saturated rings. The third-order valence-corrected chi connectivity index (χ3v) is 6.18. The van der Waals surface area contributed by atoms with E-state index in [2.05, 4.69) is 29.9 Å². The maximum absolute atomic E-state index is 12.8. The predicted octanol–water partition coefficient (Wildman–Crippen LogP) is 1.75. The van der Waals surface area contributed by atoms with Gasteiger partial charge >= 0.3 is 0 Å². The topological polar surface area (TPSA) is 143 Å². The average Bonchev–Trinajstić information content (AvgIpc) is 3.11. The molecule has 1 aliphatic rings. The second-order valence-electron chi connectivity index (χ2n) is 7.05. The number of fused-ring (bicyclic) bond motifs is 3. The first kappa shape index (κ1) is 23.1. The van der Waals surface area contributed by atoms with Gasteiger partial charge in [-0.15, -0.1) is 10.2 Å². The fourth-order valence-electron chi connectivity index (χ4n) is 3.33. The summed E-state index contributed by atoms with van der Waals surface area (Å²) < 4.78 is 46.6. The summed E-state index contributed by atoms with van der Waals surface area (Å²) >= 11 is 5.77. The second-order valence-corrected chi connectivity index (χ2v) is 9.33. The van der Waals surface area contributed by atoms with Crippen LogP contribution >= 0.6 is 11.6 Å². The summed E-state index contributed by atoms with van der Waals surface area (Å²) in [5.41, 5.74) is 0.583. The van der Waals surface area contributed by atoms with Crippen LogP contribution in [-0.2, 0) is 21.2 Å². The van der Waals surface area contributed by atoms with Crippen LogP contribution in [0.4, 0.5) is 5.95 Å². The summed E-state index contributed by atoms with van der Waals surface area (Å²) in [7, 11) is -2.25. The van der Waals surface area contributed by atoms with E-state index in [1.165, 1.54) is 12.4 Å². The van der Waals surface area contributed by atoms with Crippen LogP contribution < -0.4 is 14.2 Å². The maximum Gasteiger partial charge on any atom is 0.257 e. The molecule has 4 heterocycles. The highest BCUT2D eigenvalue weighted by Gasteiger charge is 2.31. The van der Waals surface area contributed by atoms with Gasteiger partial charge in [0.2, 0.25) is 16.0 Å². The molecule has 1 N–H and O–H groups in total. The molecule has 0 aliphatic carbocycles. The van der Waals surface area contributed by atoms with Crippen LogP contribution in [0.3, 0.4) is 0 Å². The van der Waals surface area contributed by atoms with E-state index in [9.17, 15) is 8.42 Å². The van der Waals surface area contributed by atoms with Gasteiger partial charge in [-0.2, -0.15) is 0 Å². The van der Waals surface area contributed by atoms with E-state index in [-0.39, 0.29) is 31.3 Å². The molecule has 12 nitrogen and oxygen atoms in total. The van der Waals surface area contributed by atoms with Crippen LogP contribution in [0.15, 0.2) is 24.7 Å². The SMILES string of the molecule is CCOc1nccc2c1OC[C@@H](COC)n1c(NS(=O)(=O)CCc3ncc(Cl)cn3)nnc1-2. The number of nitrogens with one attached hydrogen (secondary N) is 1. The summed E-state index contributed by atoms with van der Waals surface area (Å²) in [6.45, 7) is 2.66. The van der Waals surface area contributed by atoms with E-state index >= 15 is 0 Å². The molecule has 0 bridgehead atoms. The summed E-state index contributed by atoms with van der Waals surface area (Å²) in [6.07, 6.45) is 4.50. The third-order valence-electron chi connectivity index (χ3n) is 4.75. The summed E-state index contributed by atoms with van der Waals surface area (Å²) in [6, 6.07) is 1.31. The predicted molar refractivity (Wildman–Crippen MR) is 119 cm³/mol. The number of aromatic nitrogens is 6. The number of anilines is 1. The van der Waals surface area contributed by atoms with Gasteiger partial charge in [0, 0.05) is 32.1 Å². The van der Waals surface area contributed by atoms with Gasteiger partial charge < -0.3 is 14.2 Å². The fourth-order valence-corrected chi connectivity index (χ4v) is 4.40. The molecule has 14 heteroatoms. The van der Waals surface area contributed by atoms with E-state index in [4.69, 9.17) is 25.8 Å². The van der Waals surface area contributed by atoms with Crippen molar-refractivity contribution in [3.05, 3.63) is 35.5 Å².